The van der Waals surface area contributed by atoms with Gasteiger partial charge < -0.3 is 9.47 Å². The summed E-state index contributed by atoms with van der Waals surface area (Å²) in [6.07, 6.45) is 8.33. The summed E-state index contributed by atoms with van der Waals surface area (Å²) < 4.78 is 15.8. The quantitative estimate of drug-likeness (QED) is 0.627. The lowest BCUT2D eigenvalue weighted by atomic mass is 9.95. The van der Waals surface area contributed by atoms with Crippen molar-refractivity contribution >= 4 is 5.78 Å². The van der Waals surface area contributed by atoms with Gasteiger partial charge in [0.2, 0.25) is 5.78 Å². The van der Waals surface area contributed by atoms with Gasteiger partial charge in [-0.05, 0) is 19.8 Å². The van der Waals surface area contributed by atoms with Crippen molar-refractivity contribution in [2.45, 2.75) is 45.1 Å². The maximum atomic E-state index is 13.9. The summed E-state index contributed by atoms with van der Waals surface area (Å²) >= 11 is 0. The predicted molar refractivity (Wildman–Crippen MR) is 76.3 cm³/mol. The van der Waals surface area contributed by atoms with E-state index in [0.717, 1.165) is 31.5 Å². The van der Waals surface area contributed by atoms with E-state index in [4.69, 9.17) is 0 Å². The minimum Gasteiger partial charge on any atom is -0.381 e. The topological polar surface area (TPSA) is 38.1 Å². The van der Waals surface area contributed by atoms with Gasteiger partial charge in [0.1, 0.15) is 11.5 Å². The van der Waals surface area contributed by atoms with Gasteiger partial charge >= 0.3 is 0 Å². The smallest absolute Gasteiger partial charge is 0.240 e. The predicted octanol–water partition coefficient (Wildman–Crippen LogP) is 3.25. The molecule has 0 N–H and O–H groups in total. The van der Waals surface area contributed by atoms with Crippen molar-refractivity contribution in [2.75, 3.05) is 14.1 Å². The number of allylic oxidation sites excluding steroid dienone is 1. The molecule has 20 heavy (non-hydrogen) atoms. The van der Waals surface area contributed by atoms with Crippen molar-refractivity contribution in [1.82, 2.24) is 14.5 Å². The van der Waals surface area contributed by atoms with Crippen LogP contribution in [-0.4, -0.2) is 34.3 Å². The van der Waals surface area contributed by atoms with Gasteiger partial charge in [-0.25, -0.2) is 9.37 Å². The highest BCUT2D eigenvalue weighted by Gasteiger charge is 2.25. The molecule has 1 aliphatic carbocycles. The molecule has 1 aromatic rings. The molecule has 0 aromatic carbocycles. The lowest BCUT2D eigenvalue weighted by Crippen LogP contribution is -2.19. The molecule has 0 bridgehead atoms. The van der Waals surface area contributed by atoms with E-state index in [1.807, 2.05) is 11.5 Å². The van der Waals surface area contributed by atoms with E-state index in [0.29, 0.717) is 5.69 Å². The number of carbonyl (C=O) groups excluding carboxylic acids is 1. The maximum Gasteiger partial charge on any atom is 0.240 e. The average Bonchev–Trinajstić information content (AvgIpc) is 2.80. The Bertz CT molecular complexity index is 513. The van der Waals surface area contributed by atoms with Gasteiger partial charge in [0.25, 0.3) is 0 Å². The Morgan fingerprint density at radius 3 is 2.65 bits per heavy atom. The van der Waals surface area contributed by atoms with Crippen molar-refractivity contribution in [2.24, 2.45) is 0 Å². The first kappa shape index (κ1) is 14.8. The zero-order valence-electron chi connectivity index (χ0n) is 12.4. The van der Waals surface area contributed by atoms with E-state index in [9.17, 15) is 9.18 Å². The fraction of sp³-hybridized carbons (Fsp3) is 0.600. The second kappa shape index (κ2) is 6.20. The van der Waals surface area contributed by atoms with Gasteiger partial charge in [0.15, 0.2) is 5.83 Å². The molecule has 0 aliphatic heterocycles. The van der Waals surface area contributed by atoms with Crippen LogP contribution in [0.15, 0.2) is 18.2 Å². The van der Waals surface area contributed by atoms with Crippen molar-refractivity contribution in [3.8, 4) is 0 Å². The molecule has 0 radical (unpaired) electrons. The summed E-state index contributed by atoms with van der Waals surface area (Å²) in [7, 11) is 3.38. The molecule has 110 valence electrons. The van der Waals surface area contributed by atoms with Gasteiger partial charge in [-0.15, -0.1) is 0 Å². The van der Waals surface area contributed by atoms with Crippen LogP contribution < -0.4 is 0 Å². The summed E-state index contributed by atoms with van der Waals surface area (Å²) in [5.41, 5.74) is 0.366. The first-order valence-corrected chi connectivity index (χ1v) is 7.13. The zero-order valence-corrected chi connectivity index (χ0v) is 12.4. The number of halogens is 1. The molecule has 0 unspecified atom stereocenters. The first-order valence-electron chi connectivity index (χ1n) is 7.13. The second-order valence-electron chi connectivity index (χ2n) is 5.62. The van der Waals surface area contributed by atoms with E-state index < -0.39 is 11.6 Å². The molecule has 2 rings (SSSR count). The highest BCUT2D eigenvalue weighted by atomic mass is 19.1. The van der Waals surface area contributed by atoms with Crippen LogP contribution in [0.25, 0.3) is 0 Å². The van der Waals surface area contributed by atoms with Gasteiger partial charge in [0, 0.05) is 26.3 Å². The Labute approximate surface area is 119 Å². The van der Waals surface area contributed by atoms with Crippen LogP contribution in [-0.2, 0) is 0 Å². The van der Waals surface area contributed by atoms with Crippen molar-refractivity contribution in [1.29, 1.82) is 0 Å². The Balaban J connectivity index is 2.30. The molecular formula is C15H22FN3O. The Hall–Kier alpha value is -1.65. The molecule has 0 spiro atoms. The summed E-state index contributed by atoms with van der Waals surface area (Å²) in [5.74, 6) is -0.533. The summed E-state index contributed by atoms with van der Waals surface area (Å²) in [6.45, 7) is 1.87. The van der Waals surface area contributed by atoms with Crippen LogP contribution in [0.1, 0.15) is 54.5 Å². The van der Waals surface area contributed by atoms with Crippen molar-refractivity contribution in [3.63, 3.8) is 0 Å². The Morgan fingerprint density at radius 2 is 2.05 bits per heavy atom. The van der Waals surface area contributed by atoms with Gasteiger partial charge in [-0.2, -0.15) is 0 Å². The normalized spacial score (nSPS) is 17.3. The number of nitrogens with zero attached hydrogens (tertiary/aromatic N) is 3. The number of aromatic nitrogens is 2. The van der Waals surface area contributed by atoms with E-state index >= 15 is 0 Å². The number of Topliss-reactive ketones (excluding diaryl/α,β-unsaturated/α-hetero) is 1. The highest BCUT2D eigenvalue weighted by Crippen LogP contribution is 2.31. The standard InChI is InChI=1S/C15H22FN3O/c1-11-17-9-14(15(20)13(16)10-18(2)3)19(11)12-7-5-4-6-8-12/h9-10,12H,4-8H2,1-3H3/b13-10-. The first-order chi connectivity index (χ1) is 9.50. The zero-order chi connectivity index (χ0) is 14.7. The summed E-state index contributed by atoms with van der Waals surface area (Å²) in [4.78, 5) is 18.0. The molecule has 1 fully saturated rings. The lowest BCUT2D eigenvalue weighted by molar-refractivity contribution is 0.0989. The second-order valence-corrected chi connectivity index (χ2v) is 5.62. The number of carbonyl (C=O) groups is 1. The summed E-state index contributed by atoms with van der Waals surface area (Å²) in [5, 5.41) is 0. The van der Waals surface area contributed by atoms with E-state index in [1.165, 1.54) is 23.7 Å². The van der Waals surface area contributed by atoms with Gasteiger partial charge in [-0.1, -0.05) is 19.3 Å². The number of hydrogen-bond donors (Lipinski definition) is 0. The minimum atomic E-state index is -0.744. The SMILES string of the molecule is Cc1ncc(C(=O)/C(F)=C/N(C)C)n1C1CCCCC1. The van der Waals surface area contributed by atoms with Crippen LogP contribution >= 0.6 is 0 Å². The molecule has 1 aromatic heterocycles. The maximum absolute atomic E-state index is 13.9. The third-order valence-corrected chi connectivity index (χ3v) is 3.74. The van der Waals surface area contributed by atoms with E-state index in [1.54, 1.807) is 14.1 Å². The Kier molecular flexibility index (Phi) is 4.57. The van der Waals surface area contributed by atoms with Crippen LogP contribution in [0.4, 0.5) is 4.39 Å². The summed E-state index contributed by atoms with van der Waals surface area (Å²) in [6, 6.07) is 0.275. The molecule has 4 nitrogen and oxygen atoms in total. The van der Waals surface area contributed by atoms with Crippen LogP contribution in [0, 0.1) is 6.92 Å². The third-order valence-electron chi connectivity index (χ3n) is 3.74. The third kappa shape index (κ3) is 3.08. The molecule has 1 saturated carbocycles. The molecule has 0 atom stereocenters. The molecule has 1 heterocycles. The number of aryl methyl sites for hydroxylation is 1. The molecule has 0 amide bonds. The number of hydrogen-bond acceptors (Lipinski definition) is 3. The number of imidazole rings is 1. The largest absolute Gasteiger partial charge is 0.381 e. The molecule has 1 aliphatic rings. The fourth-order valence-electron chi connectivity index (χ4n) is 2.83. The highest BCUT2D eigenvalue weighted by molar-refractivity contribution is 6.05. The fourth-order valence-corrected chi connectivity index (χ4v) is 2.83. The average molecular weight is 279 g/mol. The van der Waals surface area contributed by atoms with E-state index in [2.05, 4.69) is 4.98 Å². The van der Waals surface area contributed by atoms with Crippen LogP contribution in [0.3, 0.4) is 0 Å². The Morgan fingerprint density at radius 1 is 1.40 bits per heavy atom. The van der Waals surface area contributed by atoms with Crippen LogP contribution in [0.2, 0.25) is 0 Å². The van der Waals surface area contributed by atoms with Crippen molar-refractivity contribution in [3.05, 3.63) is 29.7 Å². The van der Waals surface area contributed by atoms with Gasteiger partial charge in [0.05, 0.1) is 6.20 Å². The molecule has 0 saturated heterocycles. The van der Waals surface area contributed by atoms with E-state index in [-0.39, 0.29) is 6.04 Å². The van der Waals surface area contributed by atoms with Gasteiger partial charge in [-0.3, -0.25) is 4.79 Å². The van der Waals surface area contributed by atoms with Crippen LogP contribution in [0.5, 0.6) is 0 Å². The number of ketones is 1. The molecule has 5 heteroatoms. The van der Waals surface area contributed by atoms with Crippen molar-refractivity contribution < 1.29 is 9.18 Å². The number of rotatable bonds is 4. The lowest BCUT2D eigenvalue weighted by Gasteiger charge is -2.25. The molecular weight excluding hydrogens is 257 g/mol. The monoisotopic (exact) mass is 279 g/mol. The minimum absolute atomic E-state index is 0.275.